The van der Waals surface area contributed by atoms with Crippen LogP contribution in [0.2, 0.25) is 0 Å². The minimum atomic E-state index is 0.146. The number of ketones is 1. The number of carbonyl (C=O) groups is 1. The van der Waals surface area contributed by atoms with Gasteiger partial charge in [0, 0.05) is 26.1 Å². The number of nitrogens with zero attached hydrogens (tertiary/aromatic N) is 1. The normalized spacial score (nSPS) is 10.8. The predicted octanol–water partition coefficient (Wildman–Crippen LogP) is 1.50. The minimum Gasteiger partial charge on any atom is -0.395 e. The van der Waals surface area contributed by atoms with Gasteiger partial charge in [0.1, 0.15) is 5.78 Å². The van der Waals surface area contributed by atoms with Crippen molar-refractivity contribution < 1.29 is 9.90 Å². The van der Waals surface area contributed by atoms with Gasteiger partial charge in [-0.3, -0.25) is 4.79 Å². The molecular weight excluding hydrogens is 214 g/mol. The van der Waals surface area contributed by atoms with Gasteiger partial charge in [-0.15, -0.1) is 0 Å². The average Bonchev–Trinajstić information content (AvgIpc) is 2.34. The Morgan fingerprint density at radius 2 is 1.88 bits per heavy atom. The summed E-state index contributed by atoms with van der Waals surface area (Å²) >= 11 is 0. The summed E-state index contributed by atoms with van der Waals surface area (Å²) in [4.78, 5) is 13.1. The van der Waals surface area contributed by atoms with E-state index in [1.807, 2.05) is 18.2 Å². The molecule has 0 aliphatic heterocycles. The fourth-order valence-corrected chi connectivity index (χ4v) is 1.72. The lowest BCUT2D eigenvalue weighted by Crippen LogP contribution is -2.31. The maximum absolute atomic E-state index is 10.9. The molecule has 17 heavy (non-hydrogen) atoms. The van der Waals surface area contributed by atoms with E-state index in [4.69, 9.17) is 5.11 Å². The van der Waals surface area contributed by atoms with Crippen LogP contribution in [-0.2, 0) is 11.2 Å². The third kappa shape index (κ3) is 6.19. The zero-order chi connectivity index (χ0) is 12.5. The van der Waals surface area contributed by atoms with Crippen LogP contribution >= 0.6 is 0 Å². The molecule has 0 unspecified atom stereocenters. The lowest BCUT2D eigenvalue weighted by molar-refractivity contribution is -0.117. The molecule has 0 saturated heterocycles. The molecular formula is C14H21NO2. The fraction of sp³-hybridized carbons (Fsp3) is 0.500. The first kappa shape index (κ1) is 13.9. The third-order valence-electron chi connectivity index (χ3n) is 2.76. The van der Waals surface area contributed by atoms with Crippen molar-refractivity contribution in [2.45, 2.75) is 19.8 Å². The molecule has 1 N–H and O–H groups in total. The van der Waals surface area contributed by atoms with Crippen LogP contribution in [0.1, 0.15) is 18.9 Å². The molecule has 0 bridgehead atoms. The smallest absolute Gasteiger partial charge is 0.131 e. The molecule has 0 saturated carbocycles. The van der Waals surface area contributed by atoms with Gasteiger partial charge >= 0.3 is 0 Å². The van der Waals surface area contributed by atoms with E-state index in [2.05, 4.69) is 17.0 Å². The summed E-state index contributed by atoms with van der Waals surface area (Å²) in [6.07, 6.45) is 1.52. The lowest BCUT2D eigenvalue weighted by atomic mass is 10.1. The Kier molecular flexibility index (Phi) is 6.51. The van der Waals surface area contributed by atoms with Crippen molar-refractivity contribution in [2.75, 3.05) is 26.2 Å². The highest BCUT2D eigenvalue weighted by Gasteiger charge is 2.05. The van der Waals surface area contributed by atoms with Gasteiger partial charge in [0.25, 0.3) is 0 Å². The highest BCUT2D eigenvalue weighted by Crippen LogP contribution is 2.02. The molecule has 0 aliphatic rings. The van der Waals surface area contributed by atoms with E-state index in [1.54, 1.807) is 6.92 Å². The Bertz CT molecular complexity index is 324. The second-order valence-electron chi connectivity index (χ2n) is 4.25. The van der Waals surface area contributed by atoms with Crippen molar-refractivity contribution in [1.82, 2.24) is 4.90 Å². The van der Waals surface area contributed by atoms with E-state index in [0.717, 1.165) is 19.5 Å². The van der Waals surface area contributed by atoms with Crippen LogP contribution in [0.5, 0.6) is 0 Å². The number of carbonyl (C=O) groups excluding carboxylic acids is 1. The molecule has 1 aromatic rings. The van der Waals surface area contributed by atoms with Crippen LogP contribution in [0.3, 0.4) is 0 Å². The first-order chi connectivity index (χ1) is 8.22. The number of hydrogen-bond acceptors (Lipinski definition) is 3. The Hall–Kier alpha value is -1.19. The number of rotatable bonds is 8. The van der Waals surface area contributed by atoms with E-state index < -0.39 is 0 Å². The van der Waals surface area contributed by atoms with Crippen molar-refractivity contribution in [3.05, 3.63) is 35.9 Å². The van der Waals surface area contributed by atoms with Crippen LogP contribution in [-0.4, -0.2) is 42.0 Å². The first-order valence-electron chi connectivity index (χ1n) is 6.09. The molecule has 94 valence electrons. The molecule has 0 fully saturated rings. The Labute approximate surface area is 103 Å². The highest BCUT2D eigenvalue weighted by atomic mass is 16.3. The zero-order valence-electron chi connectivity index (χ0n) is 10.4. The molecule has 0 aromatic heterocycles. The van der Waals surface area contributed by atoms with Crippen molar-refractivity contribution in [1.29, 1.82) is 0 Å². The molecule has 3 heteroatoms. The van der Waals surface area contributed by atoms with Gasteiger partial charge in [-0.05, 0) is 18.9 Å². The summed E-state index contributed by atoms with van der Waals surface area (Å²) in [5, 5.41) is 8.97. The number of aliphatic hydroxyl groups excluding tert-OH is 1. The van der Waals surface area contributed by atoms with Gasteiger partial charge < -0.3 is 10.0 Å². The van der Waals surface area contributed by atoms with Crippen LogP contribution in [0.15, 0.2) is 30.3 Å². The van der Waals surface area contributed by atoms with Gasteiger partial charge in [0.15, 0.2) is 0 Å². The summed E-state index contributed by atoms with van der Waals surface area (Å²) in [6.45, 7) is 4.02. The van der Waals surface area contributed by atoms with E-state index in [9.17, 15) is 4.79 Å². The van der Waals surface area contributed by atoms with Crippen molar-refractivity contribution in [3.8, 4) is 0 Å². The third-order valence-corrected chi connectivity index (χ3v) is 2.76. The summed E-state index contributed by atoms with van der Waals surface area (Å²) in [5.41, 5.74) is 1.29. The van der Waals surface area contributed by atoms with Crippen molar-refractivity contribution in [3.63, 3.8) is 0 Å². The molecule has 3 nitrogen and oxygen atoms in total. The van der Waals surface area contributed by atoms with Gasteiger partial charge in [0.2, 0.25) is 0 Å². The van der Waals surface area contributed by atoms with Crippen molar-refractivity contribution in [2.24, 2.45) is 0 Å². The lowest BCUT2D eigenvalue weighted by Gasteiger charge is -2.20. The summed E-state index contributed by atoms with van der Waals surface area (Å²) in [7, 11) is 0. The van der Waals surface area contributed by atoms with Crippen LogP contribution in [0, 0.1) is 0 Å². The molecule has 0 amide bonds. The number of hydrogen-bond donors (Lipinski definition) is 1. The molecule has 0 spiro atoms. The van der Waals surface area contributed by atoms with Gasteiger partial charge in [-0.2, -0.15) is 0 Å². The molecule has 1 rings (SSSR count). The monoisotopic (exact) mass is 235 g/mol. The van der Waals surface area contributed by atoms with Crippen molar-refractivity contribution >= 4 is 5.78 Å². The standard InChI is InChI=1S/C14H21NO2/c1-13(17)7-9-15(11-12-16)10-8-14-5-3-2-4-6-14/h2-6,16H,7-12H2,1H3. The van der Waals surface area contributed by atoms with E-state index in [0.29, 0.717) is 13.0 Å². The van der Waals surface area contributed by atoms with Gasteiger partial charge in [-0.1, -0.05) is 30.3 Å². The quantitative estimate of drug-likeness (QED) is 0.742. The SMILES string of the molecule is CC(=O)CCN(CCO)CCc1ccccc1. The molecule has 0 atom stereocenters. The van der Waals surface area contributed by atoms with E-state index >= 15 is 0 Å². The fourth-order valence-electron chi connectivity index (χ4n) is 1.72. The maximum Gasteiger partial charge on any atom is 0.131 e. The van der Waals surface area contributed by atoms with Crippen LogP contribution in [0.25, 0.3) is 0 Å². The van der Waals surface area contributed by atoms with Crippen LogP contribution < -0.4 is 0 Å². The Morgan fingerprint density at radius 3 is 2.47 bits per heavy atom. The molecule has 1 aromatic carbocycles. The number of aliphatic hydroxyl groups is 1. The number of Topliss-reactive ketones (excluding diaryl/α,β-unsaturated/α-hetero) is 1. The first-order valence-corrected chi connectivity index (χ1v) is 6.09. The molecule has 0 radical (unpaired) electrons. The molecule has 0 aliphatic carbocycles. The summed E-state index contributed by atoms with van der Waals surface area (Å²) < 4.78 is 0. The average molecular weight is 235 g/mol. The molecule has 0 heterocycles. The zero-order valence-corrected chi connectivity index (χ0v) is 10.4. The second-order valence-corrected chi connectivity index (χ2v) is 4.25. The van der Waals surface area contributed by atoms with E-state index in [-0.39, 0.29) is 12.4 Å². The van der Waals surface area contributed by atoms with Gasteiger partial charge in [-0.25, -0.2) is 0 Å². The van der Waals surface area contributed by atoms with Gasteiger partial charge in [0.05, 0.1) is 6.61 Å². The Balaban J connectivity index is 2.36. The highest BCUT2D eigenvalue weighted by molar-refractivity contribution is 5.75. The second kappa shape index (κ2) is 7.98. The maximum atomic E-state index is 10.9. The van der Waals surface area contributed by atoms with Crippen LogP contribution in [0.4, 0.5) is 0 Å². The summed E-state index contributed by atoms with van der Waals surface area (Å²) in [5.74, 6) is 0.202. The topological polar surface area (TPSA) is 40.5 Å². The minimum absolute atomic E-state index is 0.146. The Morgan fingerprint density at radius 1 is 1.18 bits per heavy atom. The number of benzene rings is 1. The predicted molar refractivity (Wildman–Crippen MR) is 69.0 cm³/mol. The largest absolute Gasteiger partial charge is 0.395 e. The summed E-state index contributed by atoms with van der Waals surface area (Å²) in [6, 6.07) is 10.3. The van der Waals surface area contributed by atoms with E-state index in [1.165, 1.54) is 5.56 Å².